The van der Waals surface area contributed by atoms with Crippen LogP contribution in [-0.4, -0.2) is 35.4 Å². The fourth-order valence-corrected chi connectivity index (χ4v) is 2.90. The summed E-state index contributed by atoms with van der Waals surface area (Å²) in [5.41, 5.74) is 1.84. The molecule has 0 aromatic heterocycles. The van der Waals surface area contributed by atoms with Gasteiger partial charge >= 0.3 is 0 Å². The molecule has 1 N–H and O–H groups in total. The molecule has 2 aromatic carbocycles. The second kappa shape index (κ2) is 10.9. The first-order valence-corrected chi connectivity index (χ1v) is 10.2. The third-order valence-electron chi connectivity index (χ3n) is 4.88. The highest BCUT2D eigenvalue weighted by atomic mass is 35.5. The van der Waals surface area contributed by atoms with Crippen LogP contribution in [0.3, 0.4) is 0 Å². The molecule has 0 saturated heterocycles. The molecule has 6 heteroatoms. The number of amides is 2. The van der Waals surface area contributed by atoms with Crippen LogP contribution in [0.25, 0.3) is 0 Å². The van der Waals surface area contributed by atoms with E-state index in [0.29, 0.717) is 17.3 Å². The van der Waals surface area contributed by atoms with Crippen molar-refractivity contribution >= 4 is 23.4 Å². The molecule has 0 fully saturated rings. The summed E-state index contributed by atoms with van der Waals surface area (Å²) in [4.78, 5) is 27.2. The number of hydrogen-bond acceptors (Lipinski definition) is 3. The molecule has 0 bridgehead atoms. The minimum atomic E-state index is -0.632. The quantitative estimate of drug-likeness (QED) is 0.660. The van der Waals surface area contributed by atoms with E-state index in [4.69, 9.17) is 16.3 Å². The van der Waals surface area contributed by atoms with Crippen molar-refractivity contribution in [2.75, 3.05) is 6.61 Å². The Kier molecular flexibility index (Phi) is 8.52. The number of nitrogens with one attached hydrogen (secondary N) is 1. The van der Waals surface area contributed by atoms with Gasteiger partial charge in [0, 0.05) is 17.6 Å². The zero-order chi connectivity index (χ0) is 21.4. The smallest absolute Gasteiger partial charge is 0.261 e. The summed E-state index contributed by atoms with van der Waals surface area (Å²) in [6, 6.07) is 14.2. The SMILES string of the molecule is CC[C@@H](C)NC(=O)[C@@H](C)N(Cc1ccc(Cl)cc1)C(=O)COc1ccccc1C. The molecule has 2 rings (SSSR count). The molecule has 0 heterocycles. The molecule has 0 saturated carbocycles. The maximum Gasteiger partial charge on any atom is 0.261 e. The first-order valence-electron chi connectivity index (χ1n) is 9.84. The number of carbonyl (C=O) groups is 2. The van der Waals surface area contributed by atoms with E-state index in [9.17, 15) is 9.59 Å². The van der Waals surface area contributed by atoms with E-state index in [-0.39, 0.29) is 24.5 Å². The molecular formula is C23H29ClN2O3. The number of ether oxygens (including phenoxy) is 1. The van der Waals surface area contributed by atoms with Crippen molar-refractivity contribution in [2.45, 2.75) is 52.7 Å². The molecule has 2 atom stereocenters. The zero-order valence-electron chi connectivity index (χ0n) is 17.4. The Bertz CT molecular complexity index is 823. The minimum absolute atomic E-state index is 0.0423. The first kappa shape index (κ1) is 22.8. The van der Waals surface area contributed by atoms with Crippen molar-refractivity contribution in [3.63, 3.8) is 0 Å². The van der Waals surface area contributed by atoms with Gasteiger partial charge in [0.1, 0.15) is 11.8 Å². The fraction of sp³-hybridized carbons (Fsp3) is 0.391. The van der Waals surface area contributed by atoms with Crippen molar-refractivity contribution in [1.82, 2.24) is 10.2 Å². The Labute approximate surface area is 178 Å². The number of hydrogen-bond donors (Lipinski definition) is 1. The highest BCUT2D eigenvalue weighted by Crippen LogP contribution is 2.18. The summed E-state index contributed by atoms with van der Waals surface area (Å²) in [5.74, 6) is 0.219. The van der Waals surface area contributed by atoms with Gasteiger partial charge in [-0.05, 0) is 56.5 Å². The van der Waals surface area contributed by atoms with Gasteiger partial charge in [-0.15, -0.1) is 0 Å². The van der Waals surface area contributed by atoms with Crippen LogP contribution < -0.4 is 10.1 Å². The normalized spacial score (nSPS) is 12.7. The van der Waals surface area contributed by atoms with Gasteiger partial charge < -0.3 is 15.0 Å². The fourth-order valence-electron chi connectivity index (χ4n) is 2.78. The lowest BCUT2D eigenvalue weighted by molar-refractivity contribution is -0.142. The summed E-state index contributed by atoms with van der Waals surface area (Å²) in [5, 5.41) is 3.57. The van der Waals surface area contributed by atoms with E-state index < -0.39 is 6.04 Å². The minimum Gasteiger partial charge on any atom is -0.484 e. The first-order chi connectivity index (χ1) is 13.8. The van der Waals surface area contributed by atoms with Crippen molar-refractivity contribution < 1.29 is 14.3 Å². The van der Waals surface area contributed by atoms with Crippen molar-refractivity contribution in [3.8, 4) is 5.75 Å². The maximum absolute atomic E-state index is 13.0. The zero-order valence-corrected chi connectivity index (χ0v) is 18.2. The predicted molar refractivity (Wildman–Crippen MR) is 116 cm³/mol. The van der Waals surface area contributed by atoms with Crippen LogP contribution in [-0.2, 0) is 16.1 Å². The van der Waals surface area contributed by atoms with Crippen LogP contribution >= 0.6 is 11.6 Å². The lowest BCUT2D eigenvalue weighted by atomic mass is 10.1. The van der Waals surface area contributed by atoms with Gasteiger partial charge in [0.2, 0.25) is 5.91 Å². The van der Waals surface area contributed by atoms with Crippen molar-refractivity contribution in [1.29, 1.82) is 0 Å². The van der Waals surface area contributed by atoms with Gasteiger partial charge in [0.15, 0.2) is 6.61 Å². The topological polar surface area (TPSA) is 58.6 Å². The summed E-state index contributed by atoms with van der Waals surface area (Å²) in [7, 11) is 0. The molecule has 0 aliphatic heterocycles. The number of halogens is 1. The van der Waals surface area contributed by atoms with Gasteiger partial charge in [0.05, 0.1) is 0 Å². The van der Waals surface area contributed by atoms with Crippen LogP contribution in [0.5, 0.6) is 5.75 Å². The second-order valence-corrected chi connectivity index (χ2v) is 7.63. The molecule has 0 aliphatic rings. The number of nitrogens with zero attached hydrogens (tertiary/aromatic N) is 1. The summed E-state index contributed by atoms with van der Waals surface area (Å²) < 4.78 is 5.72. The molecule has 29 heavy (non-hydrogen) atoms. The Balaban J connectivity index is 2.15. The third-order valence-corrected chi connectivity index (χ3v) is 5.13. The Hall–Kier alpha value is -2.53. The third kappa shape index (κ3) is 6.79. The second-order valence-electron chi connectivity index (χ2n) is 7.20. The maximum atomic E-state index is 13.0. The molecule has 0 spiro atoms. The largest absolute Gasteiger partial charge is 0.484 e. The summed E-state index contributed by atoms with van der Waals surface area (Å²) in [6.07, 6.45) is 0.819. The Morgan fingerprint density at radius 3 is 2.38 bits per heavy atom. The highest BCUT2D eigenvalue weighted by Gasteiger charge is 2.27. The van der Waals surface area contributed by atoms with Gasteiger partial charge in [-0.25, -0.2) is 0 Å². The van der Waals surface area contributed by atoms with Gasteiger partial charge in [-0.3, -0.25) is 9.59 Å². The van der Waals surface area contributed by atoms with E-state index in [0.717, 1.165) is 17.5 Å². The molecule has 156 valence electrons. The average molecular weight is 417 g/mol. The monoisotopic (exact) mass is 416 g/mol. The van der Waals surface area contributed by atoms with Gasteiger partial charge in [0.25, 0.3) is 5.91 Å². The molecule has 5 nitrogen and oxygen atoms in total. The summed E-state index contributed by atoms with van der Waals surface area (Å²) in [6.45, 7) is 7.76. The Morgan fingerprint density at radius 1 is 1.10 bits per heavy atom. The molecule has 2 amide bonds. The van der Waals surface area contributed by atoms with E-state index in [1.165, 1.54) is 0 Å². The lowest BCUT2D eigenvalue weighted by Crippen LogP contribution is -2.50. The van der Waals surface area contributed by atoms with E-state index in [2.05, 4.69) is 5.32 Å². The highest BCUT2D eigenvalue weighted by molar-refractivity contribution is 6.30. The predicted octanol–water partition coefficient (Wildman–Crippen LogP) is 4.36. The van der Waals surface area contributed by atoms with Gasteiger partial charge in [-0.2, -0.15) is 0 Å². The number of aryl methyl sites for hydroxylation is 1. The van der Waals surface area contributed by atoms with E-state index in [1.807, 2.05) is 57.2 Å². The average Bonchev–Trinajstić information content (AvgIpc) is 2.71. The Morgan fingerprint density at radius 2 is 1.76 bits per heavy atom. The van der Waals surface area contributed by atoms with Crippen molar-refractivity contribution in [2.24, 2.45) is 0 Å². The number of para-hydroxylation sites is 1. The lowest BCUT2D eigenvalue weighted by Gasteiger charge is -2.29. The molecule has 0 aliphatic carbocycles. The van der Waals surface area contributed by atoms with Gasteiger partial charge in [-0.1, -0.05) is 48.9 Å². The number of rotatable bonds is 9. The number of benzene rings is 2. The standard InChI is InChI=1S/C23H29ClN2O3/c1-5-17(3)25-23(28)18(4)26(14-19-10-12-20(24)13-11-19)22(27)15-29-21-9-7-6-8-16(21)2/h6-13,17-18H,5,14-15H2,1-4H3,(H,25,28)/t17-,18-/m1/s1. The van der Waals surface area contributed by atoms with E-state index in [1.54, 1.807) is 24.0 Å². The molecule has 0 radical (unpaired) electrons. The molecule has 0 unspecified atom stereocenters. The van der Waals surface area contributed by atoms with Crippen LogP contribution in [0.2, 0.25) is 5.02 Å². The molecular weight excluding hydrogens is 388 g/mol. The summed E-state index contributed by atoms with van der Waals surface area (Å²) >= 11 is 5.96. The van der Waals surface area contributed by atoms with Crippen LogP contribution in [0.4, 0.5) is 0 Å². The molecule has 2 aromatic rings. The van der Waals surface area contributed by atoms with Crippen LogP contribution in [0, 0.1) is 6.92 Å². The van der Waals surface area contributed by atoms with Crippen LogP contribution in [0.15, 0.2) is 48.5 Å². The van der Waals surface area contributed by atoms with E-state index >= 15 is 0 Å². The number of carbonyl (C=O) groups excluding carboxylic acids is 2. The van der Waals surface area contributed by atoms with Crippen molar-refractivity contribution in [3.05, 3.63) is 64.7 Å². The van der Waals surface area contributed by atoms with Crippen LogP contribution in [0.1, 0.15) is 38.3 Å².